The molecule has 0 saturated heterocycles. The van der Waals surface area contributed by atoms with Crippen LogP contribution in [0.4, 0.5) is 0 Å². The van der Waals surface area contributed by atoms with Gasteiger partial charge in [-0.1, -0.05) is 163 Å². The lowest BCUT2D eigenvalue weighted by Gasteiger charge is -2.10. The molecule has 57 heavy (non-hydrogen) atoms. The van der Waals surface area contributed by atoms with Crippen molar-refractivity contribution in [1.29, 1.82) is 5.26 Å². The van der Waals surface area contributed by atoms with Crippen molar-refractivity contribution in [1.82, 2.24) is 29.9 Å². The number of benzene rings is 7. The van der Waals surface area contributed by atoms with Gasteiger partial charge < -0.3 is 0 Å². The molecule has 7 nitrogen and oxygen atoms in total. The summed E-state index contributed by atoms with van der Waals surface area (Å²) in [6.07, 6.45) is 0. The summed E-state index contributed by atoms with van der Waals surface area (Å²) in [7, 11) is 0. The first-order valence-electron chi connectivity index (χ1n) is 18.3. The molecule has 9 rings (SSSR count). The van der Waals surface area contributed by atoms with Crippen molar-refractivity contribution in [2.24, 2.45) is 0 Å². The van der Waals surface area contributed by atoms with Gasteiger partial charge in [0.1, 0.15) is 0 Å². The smallest absolute Gasteiger partial charge is 0.164 e. The fourth-order valence-electron chi connectivity index (χ4n) is 6.37. The first-order valence-corrected chi connectivity index (χ1v) is 19.1. The van der Waals surface area contributed by atoms with Crippen molar-refractivity contribution in [3.05, 3.63) is 194 Å². The van der Waals surface area contributed by atoms with Gasteiger partial charge in [-0.05, 0) is 47.5 Å². The van der Waals surface area contributed by atoms with E-state index < -0.39 is 0 Å². The minimum absolute atomic E-state index is 0.579. The molecule has 9 aromatic rings. The van der Waals surface area contributed by atoms with E-state index >= 15 is 0 Å². The van der Waals surface area contributed by atoms with Crippen LogP contribution < -0.4 is 0 Å². The molecular formula is C49H31N7S. The Kier molecular flexibility index (Phi) is 9.87. The van der Waals surface area contributed by atoms with Crippen molar-refractivity contribution < 1.29 is 0 Å². The molecule has 0 N–H and O–H groups in total. The zero-order chi connectivity index (χ0) is 38.4. The fourth-order valence-corrected chi connectivity index (χ4v) is 7.25. The van der Waals surface area contributed by atoms with Crippen molar-refractivity contribution in [2.75, 3.05) is 0 Å². The van der Waals surface area contributed by atoms with Crippen molar-refractivity contribution in [3.63, 3.8) is 0 Å². The van der Waals surface area contributed by atoms with E-state index in [4.69, 9.17) is 29.9 Å². The van der Waals surface area contributed by atoms with Gasteiger partial charge in [0.15, 0.2) is 34.9 Å². The number of nitriles is 1. The van der Waals surface area contributed by atoms with Gasteiger partial charge in [0.2, 0.25) is 0 Å². The maximum Gasteiger partial charge on any atom is 0.164 e. The second-order valence-corrected chi connectivity index (χ2v) is 14.3. The van der Waals surface area contributed by atoms with E-state index in [2.05, 4.69) is 42.5 Å². The highest BCUT2D eigenvalue weighted by Crippen LogP contribution is 2.34. The number of hydrogen-bond donors (Lipinski definition) is 0. The Balaban J connectivity index is 1.01. The second kappa shape index (κ2) is 16.0. The van der Waals surface area contributed by atoms with Crippen LogP contribution in [0, 0.1) is 11.3 Å². The van der Waals surface area contributed by atoms with E-state index in [-0.39, 0.29) is 0 Å². The van der Waals surface area contributed by atoms with E-state index in [1.54, 1.807) is 17.8 Å². The Labute approximate surface area is 334 Å². The molecule has 268 valence electrons. The highest BCUT2D eigenvalue weighted by atomic mass is 32.2. The van der Waals surface area contributed by atoms with Gasteiger partial charge in [0, 0.05) is 43.2 Å². The quantitative estimate of drug-likeness (QED) is 0.144. The van der Waals surface area contributed by atoms with Gasteiger partial charge in [0.05, 0.1) is 11.6 Å². The van der Waals surface area contributed by atoms with E-state index in [9.17, 15) is 5.26 Å². The van der Waals surface area contributed by atoms with Crippen molar-refractivity contribution >= 4 is 11.8 Å². The lowest BCUT2D eigenvalue weighted by atomic mass is 10.0. The highest BCUT2D eigenvalue weighted by molar-refractivity contribution is 7.99. The van der Waals surface area contributed by atoms with Crippen LogP contribution in [0.1, 0.15) is 5.56 Å². The SMILES string of the molecule is N#Cc1cccc(-c2ccc(-c3nc(-c4ccccc4)nc(-c4ccc(Sc5cccc(-c6nc(-c7ccccc7)nc(-c7ccccc7)n6)c5)cc4)n3)cc2)c1. The maximum atomic E-state index is 9.37. The van der Waals surface area contributed by atoms with Gasteiger partial charge in [-0.25, -0.2) is 29.9 Å². The van der Waals surface area contributed by atoms with Crippen molar-refractivity contribution in [3.8, 4) is 85.5 Å². The Morgan fingerprint density at radius 2 is 0.667 bits per heavy atom. The molecule has 0 bridgehead atoms. The lowest BCUT2D eigenvalue weighted by molar-refractivity contribution is 1.07. The van der Waals surface area contributed by atoms with Crippen LogP contribution in [0.25, 0.3) is 79.5 Å². The number of nitrogens with zero attached hydrogens (tertiary/aromatic N) is 7. The average molecular weight is 750 g/mol. The standard InChI is InChI=1S/C49H31N7S/c50-32-33-12-10-19-40(30-33)34-22-24-38(25-23-34)47-52-44(35-13-4-1-5-14-35)53-48(54-47)39-26-28-42(29-27-39)57-43-21-11-20-41(31-43)49-55-45(36-15-6-2-7-16-36)51-46(56-49)37-17-8-3-9-18-37/h1-31H. The molecule has 0 radical (unpaired) electrons. The molecule has 8 heteroatoms. The zero-order valence-electron chi connectivity index (χ0n) is 30.4. The van der Waals surface area contributed by atoms with Gasteiger partial charge in [-0.3, -0.25) is 0 Å². The number of rotatable bonds is 9. The minimum atomic E-state index is 0.579. The van der Waals surface area contributed by atoms with Crippen LogP contribution in [0.2, 0.25) is 0 Å². The summed E-state index contributed by atoms with van der Waals surface area (Å²) < 4.78 is 0. The molecule has 7 aromatic carbocycles. The molecule has 0 atom stereocenters. The van der Waals surface area contributed by atoms with E-state index in [1.165, 1.54) is 0 Å². The molecule has 0 amide bonds. The Bertz CT molecular complexity index is 2800. The van der Waals surface area contributed by atoms with Gasteiger partial charge in [-0.15, -0.1) is 0 Å². The molecule has 2 aromatic heterocycles. The molecule has 0 aliphatic heterocycles. The second-order valence-electron chi connectivity index (χ2n) is 13.1. The normalized spacial score (nSPS) is 10.9. The van der Waals surface area contributed by atoms with E-state index in [0.29, 0.717) is 40.5 Å². The Morgan fingerprint density at radius 3 is 1.14 bits per heavy atom. The zero-order valence-corrected chi connectivity index (χ0v) is 31.3. The predicted octanol–water partition coefficient (Wildman–Crippen LogP) is 11.7. The maximum absolute atomic E-state index is 9.37. The van der Waals surface area contributed by atoms with E-state index in [0.717, 1.165) is 54.3 Å². The van der Waals surface area contributed by atoms with Gasteiger partial charge >= 0.3 is 0 Å². The number of hydrogen-bond acceptors (Lipinski definition) is 8. The highest BCUT2D eigenvalue weighted by Gasteiger charge is 2.15. The summed E-state index contributed by atoms with van der Waals surface area (Å²) in [5, 5.41) is 9.37. The average Bonchev–Trinajstić information content (AvgIpc) is 3.30. The third kappa shape index (κ3) is 7.96. The van der Waals surface area contributed by atoms with Crippen molar-refractivity contribution in [2.45, 2.75) is 9.79 Å². The molecule has 0 aliphatic carbocycles. The van der Waals surface area contributed by atoms with Crippen LogP contribution in [0.15, 0.2) is 198 Å². The molecule has 2 heterocycles. The van der Waals surface area contributed by atoms with Gasteiger partial charge in [0.25, 0.3) is 0 Å². The molecular weight excluding hydrogens is 719 g/mol. The van der Waals surface area contributed by atoms with E-state index in [1.807, 2.05) is 146 Å². The van der Waals surface area contributed by atoms with Gasteiger partial charge in [-0.2, -0.15) is 5.26 Å². The van der Waals surface area contributed by atoms with Crippen LogP contribution in [0.5, 0.6) is 0 Å². The summed E-state index contributed by atoms with van der Waals surface area (Å²) >= 11 is 1.66. The molecule has 0 fully saturated rings. The summed E-state index contributed by atoms with van der Waals surface area (Å²) in [5.74, 6) is 3.63. The van der Waals surface area contributed by atoms with Crippen LogP contribution in [-0.4, -0.2) is 29.9 Å². The lowest BCUT2D eigenvalue weighted by Crippen LogP contribution is -2.00. The first kappa shape index (κ1) is 35.1. The summed E-state index contributed by atoms with van der Waals surface area (Å²) in [5.41, 5.74) is 8.04. The minimum Gasteiger partial charge on any atom is -0.208 e. The monoisotopic (exact) mass is 749 g/mol. The molecule has 0 aliphatic rings. The Hall–Kier alpha value is -7.60. The Morgan fingerprint density at radius 1 is 0.298 bits per heavy atom. The third-order valence-electron chi connectivity index (χ3n) is 9.28. The summed E-state index contributed by atoms with van der Waals surface area (Å²) in [4.78, 5) is 31.6. The van der Waals surface area contributed by atoms with Crippen LogP contribution in [-0.2, 0) is 0 Å². The summed E-state index contributed by atoms with van der Waals surface area (Å²) in [6.45, 7) is 0. The molecule has 0 spiro atoms. The topological polar surface area (TPSA) is 101 Å². The molecule has 0 saturated carbocycles. The first-order chi connectivity index (χ1) is 28.1. The van der Waals surface area contributed by atoms with Crippen LogP contribution in [0.3, 0.4) is 0 Å². The summed E-state index contributed by atoms with van der Waals surface area (Å²) in [6, 6.07) is 64.4. The fraction of sp³-hybridized carbons (Fsp3) is 0. The largest absolute Gasteiger partial charge is 0.208 e. The third-order valence-corrected chi connectivity index (χ3v) is 10.3. The number of aromatic nitrogens is 6. The molecule has 0 unspecified atom stereocenters. The van der Waals surface area contributed by atoms with Crippen LogP contribution >= 0.6 is 11.8 Å². The predicted molar refractivity (Wildman–Crippen MR) is 227 cm³/mol.